The number of halogens is 3. The fourth-order valence-corrected chi connectivity index (χ4v) is 5.03. The molecule has 1 N–H and O–H groups in total. The maximum Gasteiger partial charge on any atom is 0.389 e. The molecule has 12 heteroatoms. The molecule has 2 fully saturated rings. The monoisotopic (exact) mass is 479 g/mol. The summed E-state index contributed by atoms with van der Waals surface area (Å²) in [7, 11) is 1.97. The third-order valence-corrected chi connectivity index (χ3v) is 7.08. The first kappa shape index (κ1) is 21.9. The highest BCUT2D eigenvalue weighted by atomic mass is 32.1. The second-order valence-electron chi connectivity index (χ2n) is 8.48. The zero-order chi connectivity index (χ0) is 23.2. The van der Waals surface area contributed by atoms with Gasteiger partial charge in [-0.15, -0.1) is 5.10 Å². The van der Waals surface area contributed by atoms with E-state index in [-0.39, 0.29) is 19.1 Å². The zero-order valence-corrected chi connectivity index (χ0v) is 19.0. The zero-order valence-electron chi connectivity index (χ0n) is 18.2. The highest BCUT2D eigenvalue weighted by molar-refractivity contribution is 7.09. The quantitative estimate of drug-likeness (QED) is 0.478. The summed E-state index contributed by atoms with van der Waals surface area (Å²) in [5, 5.41) is 8.79. The van der Waals surface area contributed by atoms with E-state index in [1.807, 2.05) is 18.9 Å². The van der Waals surface area contributed by atoms with Crippen molar-refractivity contribution in [3.8, 4) is 5.75 Å². The van der Waals surface area contributed by atoms with E-state index in [0.717, 1.165) is 17.4 Å². The molecule has 33 heavy (non-hydrogen) atoms. The van der Waals surface area contributed by atoms with E-state index in [0.29, 0.717) is 29.2 Å². The molecule has 2 saturated carbocycles. The van der Waals surface area contributed by atoms with Crippen molar-refractivity contribution in [2.45, 2.75) is 44.8 Å². The van der Waals surface area contributed by atoms with E-state index in [1.54, 1.807) is 22.8 Å². The Hall–Kier alpha value is -2.89. The van der Waals surface area contributed by atoms with Crippen LogP contribution in [0.1, 0.15) is 31.5 Å². The summed E-state index contributed by atoms with van der Waals surface area (Å²) >= 11 is 1.37. The first-order chi connectivity index (χ1) is 15.8. The lowest BCUT2D eigenvalue weighted by atomic mass is 9.53. The standard InChI is InChI=1S/C21H24F3N7OS/c1-12-25-20(33-29-12)30(2)11-15-13-6-7-14(13)17(15)26-19-27-18-16(5-3-9-31(18)28-19)32-10-4-8-21(22,23)24/h3,5,9,11,13-14,17H,4,6-8,10H2,1-2H3,(H,26,28)/b15-11+/t13?,14?,17-/m1/s1. The Bertz CT molecular complexity index is 1170. The van der Waals surface area contributed by atoms with Crippen LogP contribution < -0.4 is 15.0 Å². The smallest absolute Gasteiger partial charge is 0.389 e. The van der Waals surface area contributed by atoms with Crippen molar-refractivity contribution in [1.29, 1.82) is 0 Å². The molecule has 176 valence electrons. The van der Waals surface area contributed by atoms with E-state index >= 15 is 0 Å². The number of aryl methyl sites for hydroxylation is 1. The average Bonchev–Trinajstić information content (AvgIpc) is 3.35. The molecule has 0 saturated heterocycles. The molecule has 5 rings (SSSR count). The Morgan fingerprint density at radius 3 is 2.88 bits per heavy atom. The summed E-state index contributed by atoms with van der Waals surface area (Å²) in [6.07, 6.45) is 1.03. The topological polar surface area (TPSA) is 80.5 Å². The van der Waals surface area contributed by atoms with Gasteiger partial charge in [0.1, 0.15) is 5.82 Å². The lowest BCUT2D eigenvalue weighted by Gasteiger charge is -2.55. The molecular formula is C21H24F3N7OS. The normalized spacial score (nSPS) is 23.2. The summed E-state index contributed by atoms with van der Waals surface area (Å²) < 4.78 is 48.5. The van der Waals surface area contributed by atoms with Crippen LogP contribution in [-0.2, 0) is 0 Å². The minimum absolute atomic E-state index is 0.0362. The van der Waals surface area contributed by atoms with Gasteiger partial charge in [-0.25, -0.2) is 9.50 Å². The van der Waals surface area contributed by atoms with Gasteiger partial charge in [0.2, 0.25) is 11.1 Å². The lowest BCUT2D eigenvalue weighted by molar-refractivity contribution is -0.136. The number of nitrogens with one attached hydrogen (secondary N) is 1. The van der Waals surface area contributed by atoms with Crippen molar-refractivity contribution in [2.24, 2.45) is 11.8 Å². The van der Waals surface area contributed by atoms with E-state index in [2.05, 4.69) is 31.0 Å². The van der Waals surface area contributed by atoms with Gasteiger partial charge in [-0.1, -0.05) is 0 Å². The molecular weight excluding hydrogens is 455 g/mol. The van der Waals surface area contributed by atoms with Gasteiger partial charge in [0.25, 0.3) is 0 Å². The number of hydrogen-bond acceptors (Lipinski definition) is 8. The summed E-state index contributed by atoms with van der Waals surface area (Å²) in [4.78, 5) is 11.0. The van der Waals surface area contributed by atoms with Gasteiger partial charge < -0.3 is 15.0 Å². The molecule has 2 aliphatic carbocycles. The number of anilines is 2. The number of nitrogens with zero attached hydrogens (tertiary/aromatic N) is 6. The van der Waals surface area contributed by atoms with Crippen LogP contribution >= 0.6 is 11.5 Å². The predicted molar refractivity (Wildman–Crippen MR) is 119 cm³/mol. The van der Waals surface area contributed by atoms with Crippen molar-refractivity contribution < 1.29 is 17.9 Å². The van der Waals surface area contributed by atoms with Crippen LogP contribution in [0.25, 0.3) is 5.65 Å². The Morgan fingerprint density at radius 2 is 2.18 bits per heavy atom. The van der Waals surface area contributed by atoms with Crippen molar-refractivity contribution in [2.75, 3.05) is 23.9 Å². The van der Waals surface area contributed by atoms with Crippen LogP contribution in [0.5, 0.6) is 5.75 Å². The molecule has 0 aliphatic heterocycles. The number of pyridine rings is 1. The van der Waals surface area contributed by atoms with E-state index in [1.165, 1.54) is 23.5 Å². The lowest BCUT2D eigenvalue weighted by Crippen LogP contribution is -2.55. The van der Waals surface area contributed by atoms with Crippen LogP contribution in [-0.4, -0.2) is 49.8 Å². The van der Waals surface area contributed by atoms with Crippen molar-refractivity contribution in [1.82, 2.24) is 24.0 Å². The third-order valence-electron chi connectivity index (χ3n) is 6.18. The highest BCUT2D eigenvalue weighted by Gasteiger charge is 2.52. The highest BCUT2D eigenvalue weighted by Crippen LogP contribution is 2.55. The van der Waals surface area contributed by atoms with Crippen LogP contribution in [0.3, 0.4) is 0 Å². The SMILES string of the molecule is Cc1nsc(N(C)/C=C2\C3CCC3[C@H]2Nc2nc3c(OCCCC(F)(F)F)cccn3n2)n1. The molecule has 2 aliphatic rings. The molecule has 0 aromatic carbocycles. The second-order valence-corrected chi connectivity index (χ2v) is 9.21. The summed E-state index contributed by atoms with van der Waals surface area (Å²) in [5.74, 6) is 2.75. The minimum atomic E-state index is -4.18. The number of ether oxygens (including phenoxy) is 1. The summed E-state index contributed by atoms with van der Waals surface area (Å²) in [6.45, 7) is 1.84. The van der Waals surface area contributed by atoms with Gasteiger partial charge in [0.05, 0.1) is 12.6 Å². The van der Waals surface area contributed by atoms with E-state index in [4.69, 9.17) is 4.74 Å². The summed E-state index contributed by atoms with van der Waals surface area (Å²) in [6, 6.07) is 3.56. The maximum atomic E-state index is 12.4. The predicted octanol–water partition coefficient (Wildman–Crippen LogP) is 4.45. The van der Waals surface area contributed by atoms with Crippen LogP contribution in [0.4, 0.5) is 24.3 Å². The molecule has 3 atom stereocenters. The Morgan fingerprint density at radius 1 is 1.33 bits per heavy atom. The van der Waals surface area contributed by atoms with Crippen molar-refractivity contribution in [3.63, 3.8) is 0 Å². The average molecular weight is 480 g/mol. The number of hydrogen-bond donors (Lipinski definition) is 1. The molecule has 2 unspecified atom stereocenters. The van der Waals surface area contributed by atoms with Crippen molar-refractivity contribution in [3.05, 3.63) is 35.9 Å². The molecule has 0 radical (unpaired) electrons. The Balaban J connectivity index is 1.29. The maximum absolute atomic E-state index is 12.4. The van der Waals surface area contributed by atoms with Gasteiger partial charge in [0, 0.05) is 37.4 Å². The summed E-state index contributed by atoms with van der Waals surface area (Å²) in [5.41, 5.74) is 1.77. The molecule has 3 heterocycles. The van der Waals surface area contributed by atoms with E-state index in [9.17, 15) is 13.2 Å². The molecule has 0 bridgehead atoms. The fourth-order valence-electron chi connectivity index (χ4n) is 4.42. The largest absolute Gasteiger partial charge is 0.490 e. The van der Waals surface area contributed by atoms with Gasteiger partial charge >= 0.3 is 6.18 Å². The number of aromatic nitrogens is 5. The number of alkyl halides is 3. The Kier molecular flexibility index (Phi) is 5.63. The minimum Gasteiger partial charge on any atom is -0.490 e. The number of fused-ring (bicyclic) bond motifs is 2. The Labute approximate surface area is 192 Å². The molecule has 0 spiro atoms. The molecule has 3 aromatic rings. The first-order valence-corrected chi connectivity index (χ1v) is 11.6. The van der Waals surface area contributed by atoms with E-state index < -0.39 is 12.6 Å². The van der Waals surface area contributed by atoms with Crippen LogP contribution in [0.15, 0.2) is 30.1 Å². The van der Waals surface area contributed by atoms with Crippen LogP contribution in [0, 0.1) is 18.8 Å². The van der Waals surface area contributed by atoms with Gasteiger partial charge in [0.15, 0.2) is 11.4 Å². The molecule has 3 aromatic heterocycles. The fraction of sp³-hybridized carbons (Fsp3) is 0.524. The van der Waals surface area contributed by atoms with Crippen molar-refractivity contribution >= 4 is 28.3 Å². The van der Waals surface area contributed by atoms with Gasteiger partial charge in [-0.3, -0.25) is 0 Å². The second kappa shape index (κ2) is 8.47. The van der Waals surface area contributed by atoms with Crippen LogP contribution in [0.2, 0.25) is 0 Å². The third kappa shape index (κ3) is 4.48. The van der Waals surface area contributed by atoms with Gasteiger partial charge in [-0.05, 0) is 55.7 Å². The molecule has 0 amide bonds. The number of rotatable bonds is 8. The first-order valence-electron chi connectivity index (χ1n) is 10.8. The van der Waals surface area contributed by atoms with Gasteiger partial charge in [-0.2, -0.15) is 22.5 Å². The molecule has 8 nitrogen and oxygen atoms in total.